The van der Waals surface area contributed by atoms with Crippen LogP contribution in [0.15, 0.2) is 30.3 Å². The largest absolute Gasteiger partial charge is 0.330 e. The molecule has 18 heavy (non-hydrogen) atoms. The maximum absolute atomic E-state index is 5.49. The highest BCUT2D eigenvalue weighted by Crippen LogP contribution is 2.07. The fourth-order valence-corrected chi connectivity index (χ4v) is 2.20. The molecule has 1 aromatic rings. The molecule has 0 bridgehead atoms. The molecule has 1 rings (SSSR count). The SMILES string of the molecule is CCN(CCCCCCCN)Cc1ccccc1. The van der Waals surface area contributed by atoms with E-state index in [1.165, 1.54) is 44.2 Å². The van der Waals surface area contributed by atoms with Crippen molar-refractivity contribution >= 4 is 0 Å². The van der Waals surface area contributed by atoms with Crippen molar-refractivity contribution in [3.8, 4) is 0 Å². The molecule has 0 aliphatic carbocycles. The van der Waals surface area contributed by atoms with Gasteiger partial charge in [-0.3, -0.25) is 4.90 Å². The van der Waals surface area contributed by atoms with Gasteiger partial charge in [0.05, 0.1) is 0 Å². The van der Waals surface area contributed by atoms with Crippen LogP contribution in [0.2, 0.25) is 0 Å². The predicted octanol–water partition coefficient (Wildman–Crippen LogP) is 3.42. The van der Waals surface area contributed by atoms with Gasteiger partial charge in [0.15, 0.2) is 0 Å². The van der Waals surface area contributed by atoms with Crippen LogP contribution < -0.4 is 5.73 Å². The maximum atomic E-state index is 5.49. The van der Waals surface area contributed by atoms with Crippen molar-refractivity contribution in [1.82, 2.24) is 4.90 Å². The molecule has 0 unspecified atom stereocenters. The zero-order valence-electron chi connectivity index (χ0n) is 11.8. The van der Waals surface area contributed by atoms with Crippen molar-refractivity contribution in [2.45, 2.75) is 45.6 Å². The highest BCUT2D eigenvalue weighted by molar-refractivity contribution is 5.14. The fourth-order valence-electron chi connectivity index (χ4n) is 2.20. The van der Waals surface area contributed by atoms with Gasteiger partial charge in [0.2, 0.25) is 0 Å². The van der Waals surface area contributed by atoms with Gasteiger partial charge in [-0.15, -0.1) is 0 Å². The number of hydrogen-bond donors (Lipinski definition) is 1. The Balaban J connectivity index is 2.14. The first-order chi connectivity index (χ1) is 8.86. The molecule has 0 fully saturated rings. The second-order valence-corrected chi connectivity index (χ2v) is 4.91. The summed E-state index contributed by atoms with van der Waals surface area (Å²) >= 11 is 0. The molecule has 102 valence electrons. The van der Waals surface area contributed by atoms with Gasteiger partial charge in [0, 0.05) is 6.54 Å². The molecule has 0 saturated carbocycles. The summed E-state index contributed by atoms with van der Waals surface area (Å²) in [5.41, 5.74) is 6.91. The third-order valence-electron chi connectivity index (χ3n) is 3.37. The third-order valence-corrected chi connectivity index (χ3v) is 3.37. The molecule has 0 saturated heterocycles. The number of unbranched alkanes of at least 4 members (excludes halogenated alkanes) is 4. The van der Waals surface area contributed by atoms with E-state index in [0.29, 0.717) is 0 Å². The Kier molecular flexibility index (Phi) is 8.53. The van der Waals surface area contributed by atoms with E-state index in [1.807, 2.05) is 0 Å². The van der Waals surface area contributed by atoms with Crippen LogP contribution in [0.4, 0.5) is 0 Å². The van der Waals surface area contributed by atoms with Gasteiger partial charge in [-0.1, -0.05) is 56.5 Å². The maximum Gasteiger partial charge on any atom is 0.0233 e. The molecule has 1 aromatic carbocycles. The van der Waals surface area contributed by atoms with E-state index in [4.69, 9.17) is 5.73 Å². The number of nitrogens with zero attached hydrogens (tertiary/aromatic N) is 1. The monoisotopic (exact) mass is 248 g/mol. The molecule has 0 radical (unpaired) electrons. The van der Waals surface area contributed by atoms with Crippen molar-refractivity contribution in [3.05, 3.63) is 35.9 Å². The van der Waals surface area contributed by atoms with Crippen molar-refractivity contribution in [2.75, 3.05) is 19.6 Å². The zero-order chi connectivity index (χ0) is 13.1. The molecule has 0 spiro atoms. The number of nitrogens with two attached hydrogens (primary N) is 1. The fraction of sp³-hybridized carbons (Fsp3) is 0.625. The lowest BCUT2D eigenvalue weighted by atomic mass is 10.1. The van der Waals surface area contributed by atoms with Crippen molar-refractivity contribution in [2.24, 2.45) is 5.73 Å². The Morgan fingerprint density at radius 3 is 2.28 bits per heavy atom. The van der Waals surface area contributed by atoms with E-state index in [9.17, 15) is 0 Å². The van der Waals surface area contributed by atoms with Crippen LogP contribution in [0.3, 0.4) is 0 Å². The van der Waals surface area contributed by atoms with E-state index in [0.717, 1.165) is 19.6 Å². The normalized spacial score (nSPS) is 11.1. The summed E-state index contributed by atoms with van der Waals surface area (Å²) in [6, 6.07) is 10.7. The number of benzene rings is 1. The molecular weight excluding hydrogens is 220 g/mol. The first kappa shape index (κ1) is 15.2. The lowest BCUT2D eigenvalue weighted by Gasteiger charge is -2.20. The van der Waals surface area contributed by atoms with Crippen LogP contribution in [0.25, 0.3) is 0 Å². The van der Waals surface area contributed by atoms with Crippen molar-refractivity contribution in [3.63, 3.8) is 0 Å². The predicted molar refractivity (Wildman–Crippen MR) is 79.5 cm³/mol. The van der Waals surface area contributed by atoms with E-state index in [1.54, 1.807) is 0 Å². The van der Waals surface area contributed by atoms with Crippen LogP contribution in [-0.2, 0) is 6.54 Å². The minimum atomic E-state index is 0.842. The Bertz CT molecular complexity index is 284. The van der Waals surface area contributed by atoms with Crippen LogP contribution in [0.1, 0.15) is 44.6 Å². The van der Waals surface area contributed by atoms with Gasteiger partial charge >= 0.3 is 0 Å². The summed E-state index contributed by atoms with van der Waals surface area (Å²) in [6.07, 6.45) is 6.46. The Hall–Kier alpha value is -0.860. The quantitative estimate of drug-likeness (QED) is 0.643. The molecule has 2 nitrogen and oxygen atoms in total. The van der Waals surface area contributed by atoms with E-state index in [2.05, 4.69) is 42.2 Å². The molecule has 0 amide bonds. The van der Waals surface area contributed by atoms with Gasteiger partial charge in [-0.05, 0) is 38.0 Å². The summed E-state index contributed by atoms with van der Waals surface area (Å²) < 4.78 is 0. The smallest absolute Gasteiger partial charge is 0.0233 e. The Morgan fingerprint density at radius 1 is 0.944 bits per heavy atom. The summed E-state index contributed by atoms with van der Waals surface area (Å²) in [7, 11) is 0. The summed E-state index contributed by atoms with van der Waals surface area (Å²) in [6.45, 7) is 6.53. The number of hydrogen-bond acceptors (Lipinski definition) is 2. The molecule has 0 heterocycles. The summed E-state index contributed by atoms with van der Waals surface area (Å²) in [5.74, 6) is 0. The minimum Gasteiger partial charge on any atom is -0.330 e. The minimum absolute atomic E-state index is 0.842. The van der Waals surface area contributed by atoms with E-state index in [-0.39, 0.29) is 0 Å². The molecule has 2 heteroatoms. The van der Waals surface area contributed by atoms with Gasteiger partial charge in [0.1, 0.15) is 0 Å². The number of rotatable bonds is 10. The molecule has 2 N–H and O–H groups in total. The lowest BCUT2D eigenvalue weighted by Crippen LogP contribution is -2.23. The van der Waals surface area contributed by atoms with Gasteiger partial charge in [-0.2, -0.15) is 0 Å². The molecule has 0 aliphatic rings. The zero-order valence-corrected chi connectivity index (χ0v) is 11.8. The van der Waals surface area contributed by atoms with Crippen LogP contribution >= 0.6 is 0 Å². The Morgan fingerprint density at radius 2 is 1.61 bits per heavy atom. The first-order valence-corrected chi connectivity index (χ1v) is 7.33. The van der Waals surface area contributed by atoms with Gasteiger partial charge < -0.3 is 5.73 Å². The van der Waals surface area contributed by atoms with Crippen molar-refractivity contribution < 1.29 is 0 Å². The average Bonchev–Trinajstić information content (AvgIpc) is 2.42. The van der Waals surface area contributed by atoms with Crippen LogP contribution in [0.5, 0.6) is 0 Å². The first-order valence-electron chi connectivity index (χ1n) is 7.33. The van der Waals surface area contributed by atoms with Crippen LogP contribution in [-0.4, -0.2) is 24.5 Å². The summed E-state index contributed by atoms with van der Waals surface area (Å²) in [5, 5.41) is 0. The Labute approximate surface area is 112 Å². The molecule has 0 aliphatic heterocycles. The second kappa shape index (κ2) is 10.1. The van der Waals surface area contributed by atoms with E-state index < -0.39 is 0 Å². The molecule has 0 atom stereocenters. The third kappa shape index (κ3) is 6.77. The van der Waals surface area contributed by atoms with Gasteiger partial charge in [0.25, 0.3) is 0 Å². The topological polar surface area (TPSA) is 29.3 Å². The lowest BCUT2D eigenvalue weighted by molar-refractivity contribution is 0.272. The highest BCUT2D eigenvalue weighted by atomic mass is 15.1. The highest BCUT2D eigenvalue weighted by Gasteiger charge is 2.02. The standard InChI is InChI=1S/C16H28N2/c1-2-18(14-10-5-3-4-9-13-17)15-16-11-7-6-8-12-16/h6-8,11-12H,2-5,9-10,13-15,17H2,1H3. The molecule has 0 aromatic heterocycles. The summed E-state index contributed by atoms with van der Waals surface area (Å²) in [4.78, 5) is 2.53. The second-order valence-electron chi connectivity index (χ2n) is 4.91. The van der Waals surface area contributed by atoms with Gasteiger partial charge in [-0.25, -0.2) is 0 Å². The van der Waals surface area contributed by atoms with Crippen molar-refractivity contribution in [1.29, 1.82) is 0 Å². The van der Waals surface area contributed by atoms with E-state index >= 15 is 0 Å². The molecular formula is C16H28N2. The van der Waals surface area contributed by atoms with Crippen LogP contribution in [0, 0.1) is 0 Å². The average molecular weight is 248 g/mol.